The van der Waals surface area contributed by atoms with Crippen molar-refractivity contribution in [3.05, 3.63) is 76.7 Å². The second kappa shape index (κ2) is 9.29. The Kier molecular flexibility index (Phi) is 6.79. The third kappa shape index (κ3) is 5.22. The first-order valence-electron chi connectivity index (χ1n) is 7.77. The number of nitrogens with two attached hydrogens (primary N) is 1. The van der Waals surface area contributed by atoms with Crippen LogP contribution in [0.15, 0.2) is 60.0 Å². The van der Waals surface area contributed by atoms with Crippen LogP contribution in [-0.4, -0.2) is 30.3 Å². The third-order valence-electron chi connectivity index (χ3n) is 3.29. The molecule has 0 fully saturated rings. The Balaban J connectivity index is 2.10. The molecule has 0 aliphatic rings. The molecule has 3 N–H and O–H groups in total. The molecule has 1 amide bonds. The number of carbonyl (C=O) groups is 1. The lowest BCUT2D eigenvalue weighted by Crippen LogP contribution is -2.34. The van der Waals surface area contributed by atoms with Crippen molar-refractivity contribution in [3.63, 3.8) is 0 Å². The van der Waals surface area contributed by atoms with Gasteiger partial charge in [0.25, 0.3) is 5.91 Å². The van der Waals surface area contributed by atoms with Crippen molar-refractivity contribution in [3.8, 4) is 5.75 Å². The molecule has 7 heteroatoms. The molecule has 0 spiro atoms. The highest BCUT2D eigenvalue weighted by Gasteiger charge is 2.19. The molecule has 0 saturated heterocycles. The molecule has 0 saturated carbocycles. The maximum atomic E-state index is 12.4. The summed E-state index contributed by atoms with van der Waals surface area (Å²) in [5, 5.41) is 2.65. The van der Waals surface area contributed by atoms with Gasteiger partial charge in [-0.25, -0.2) is 0 Å². The van der Waals surface area contributed by atoms with Crippen molar-refractivity contribution in [1.29, 1.82) is 0 Å². The first-order chi connectivity index (χ1) is 12.1. The molecular weight excluding hydrogens is 322 g/mol. The Labute approximate surface area is 145 Å². The lowest BCUT2D eigenvalue weighted by atomic mass is 10.2. The van der Waals surface area contributed by atoms with E-state index >= 15 is 0 Å². The number of hydrogen-bond acceptors (Lipinski definition) is 5. The number of pyridine rings is 1. The first kappa shape index (κ1) is 18.3. The van der Waals surface area contributed by atoms with Crippen molar-refractivity contribution in [1.82, 2.24) is 9.99 Å². The van der Waals surface area contributed by atoms with E-state index in [9.17, 15) is 9.59 Å². The highest BCUT2D eigenvalue weighted by Crippen LogP contribution is 2.13. The smallest absolute Gasteiger partial charge is 0.273 e. The van der Waals surface area contributed by atoms with E-state index in [1.54, 1.807) is 6.08 Å². The zero-order chi connectivity index (χ0) is 18.1. The summed E-state index contributed by atoms with van der Waals surface area (Å²) in [6, 6.07) is 10.6. The van der Waals surface area contributed by atoms with Gasteiger partial charge in [0.1, 0.15) is 6.61 Å². The monoisotopic (exact) mass is 343 g/mol. The molecule has 25 heavy (non-hydrogen) atoms. The van der Waals surface area contributed by atoms with E-state index in [4.69, 9.17) is 15.3 Å². The van der Waals surface area contributed by atoms with Crippen LogP contribution in [0.5, 0.6) is 5.75 Å². The van der Waals surface area contributed by atoms with Crippen molar-refractivity contribution >= 4 is 5.91 Å². The van der Waals surface area contributed by atoms with Crippen molar-refractivity contribution < 1.29 is 14.3 Å². The Morgan fingerprint density at radius 2 is 2.04 bits per heavy atom. The second-order valence-corrected chi connectivity index (χ2v) is 5.16. The van der Waals surface area contributed by atoms with Gasteiger partial charge in [-0.2, -0.15) is 0 Å². The fourth-order valence-electron chi connectivity index (χ4n) is 2.11. The predicted octanol–water partition coefficient (Wildman–Crippen LogP) is 1.07. The normalized spacial score (nSPS) is 10.2. The minimum Gasteiger partial charge on any atom is -0.482 e. The summed E-state index contributed by atoms with van der Waals surface area (Å²) in [6.07, 6.45) is 2.94. The van der Waals surface area contributed by atoms with Crippen LogP contribution in [0.3, 0.4) is 0 Å². The van der Waals surface area contributed by atoms with Gasteiger partial charge in [0.2, 0.25) is 5.43 Å². The summed E-state index contributed by atoms with van der Waals surface area (Å²) in [4.78, 5) is 24.5. The summed E-state index contributed by atoms with van der Waals surface area (Å²) >= 11 is 0. The van der Waals surface area contributed by atoms with Crippen LogP contribution in [0.2, 0.25) is 0 Å². The topological polar surface area (TPSA) is 95.6 Å². The molecule has 2 rings (SSSR count). The van der Waals surface area contributed by atoms with Crippen LogP contribution in [0.1, 0.15) is 16.1 Å². The number of nitrogens with one attached hydrogen (secondary N) is 1. The van der Waals surface area contributed by atoms with Gasteiger partial charge < -0.3 is 20.6 Å². The van der Waals surface area contributed by atoms with Crippen LogP contribution < -0.4 is 21.3 Å². The molecule has 1 heterocycles. The fraction of sp³-hybridized carbons (Fsp3) is 0.222. The number of hydrogen-bond donors (Lipinski definition) is 2. The number of carbonyl (C=O) groups excluding carboxylic acids is 1. The van der Waals surface area contributed by atoms with Gasteiger partial charge in [0.05, 0.1) is 13.2 Å². The lowest BCUT2D eigenvalue weighted by Gasteiger charge is -2.14. The molecule has 132 valence electrons. The number of benzene rings is 1. The summed E-state index contributed by atoms with van der Waals surface area (Å²) < 4.78 is 11.8. The van der Waals surface area contributed by atoms with E-state index in [0.717, 1.165) is 10.2 Å². The van der Waals surface area contributed by atoms with Gasteiger partial charge in [-0.15, -0.1) is 6.58 Å². The highest BCUT2D eigenvalue weighted by molar-refractivity contribution is 5.95. The van der Waals surface area contributed by atoms with Crippen LogP contribution in [0, 0.1) is 0 Å². The zero-order valence-electron chi connectivity index (χ0n) is 13.8. The second-order valence-electron chi connectivity index (χ2n) is 5.16. The highest BCUT2D eigenvalue weighted by atomic mass is 16.5. The van der Waals surface area contributed by atoms with Gasteiger partial charge >= 0.3 is 0 Å². The Morgan fingerprint density at radius 1 is 1.28 bits per heavy atom. The molecule has 0 bridgehead atoms. The molecule has 7 nitrogen and oxygen atoms in total. The largest absolute Gasteiger partial charge is 0.482 e. The van der Waals surface area contributed by atoms with Crippen LogP contribution in [-0.2, 0) is 11.3 Å². The van der Waals surface area contributed by atoms with Crippen molar-refractivity contribution in [2.75, 3.05) is 25.6 Å². The van der Waals surface area contributed by atoms with Crippen LogP contribution in [0.25, 0.3) is 0 Å². The zero-order valence-corrected chi connectivity index (χ0v) is 13.8. The molecule has 1 aromatic carbocycles. The van der Waals surface area contributed by atoms with E-state index in [0.29, 0.717) is 13.2 Å². The van der Waals surface area contributed by atoms with E-state index in [2.05, 4.69) is 11.9 Å². The molecule has 2 aromatic rings. The molecular formula is C18H21N3O4. The molecule has 0 unspecified atom stereocenters. The number of amides is 1. The molecule has 0 radical (unpaired) electrons. The number of aromatic nitrogens is 1. The first-order valence-corrected chi connectivity index (χ1v) is 7.77. The van der Waals surface area contributed by atoms with Crippen LogP contribution in [0.4, 0.5) is 0 Å². The standard InChI is InChI=1S/C18H21N3O4/c1-2-11-24-12-9-20-18(23)16-17(15(22)8-10-21(16)19)25-13-14-6-4-3-5-7-14/h2-8,10H,1,9,11-13,19H2,(H,20,23). The van der Waals surface area contributed by atoms with Crippen molar-refractivity contribution in [2.45, 2.75) is 6.61 Å². The summed E-state index contributed by atoms with van der Waals surface area (Å²) in [5.74, 6) is 5.21. The predicted molar refractivity (Wildman–Crippen MR) is 95.0 cm³/mol. The maximum absolute atomic E-state index is 12.4. The summed E-state index contributed by atoms with van der Waals surface area (Å²) in [6.45, 7) is 4.68. The number of nitrogens with zero attached hydrogens (tertiary/aromatic N) is 1. The van der Waals surface area contributed by atoms with E-state index in [1.165, 1.54) is 12.3 Å². The number of rotatable bonds is 9. The van der Waals surface area contributed by atoms with Gasteiger partial charge in [0, 0.05) is 18.8 Å². The lowest BCUT2D eigenvalue weighted by molar-refractivity contribution is 0.0915. The van der Waals surface area contributed by atoms with Crippen molar-refractivity contribution in [2.24, 2.45) is 0 Å². The maximum Gasteiger partial charge on any atom is 0.273 e. The van der Waals surface area contributed by atoms with Gasteiger partial charge in [-0.3, -0.25) is 14.3 Å². The fourth-order valence-corrected chi connectivity index (χ4v) is 2.11. The Morgan fingerprint density at radius 3 is 2.76 bits per heavy atom. The molecule has 1 aromatic heterocycles. The molecule has 0 aliphatic carbocycles. The van der Waals surface area contributed by atoms with Gasteiger partial charge in [0.15, 0.2) is 11.4 Å². The minimum absolute atomic E-state index is 0.0350. The minimum atomic E-state index is -0.509. The quantitative estimate of drug-likeness (QED) is 0.403. The Bertz CT molecular complexity index is 772. The van der Waals surface area contributed by atoms with Gasteiger partial charge in [-0.1, -0.05) is 36.4 Å². The number of ether oxygens (including phenoxy) is 2. The summed E-state index contributed by atoms with van der Waals surface area (Å²) in [5.41, 5.74) is 0.427. The van der Waals surface area contributed by atoms with E-state index in [-0.39, 0.29) is 24.6 Å². The average Bonchev–Trinajstić information content (AvgIpc) is 2.62. The molecule has 0 aliphatic heterocycles. The number of nitrogen functional groups attached to an aromatic ring is 1. The van der Waals surface area contributed by atoms with E-state index < -0.39 is 11.3 Å². The van der Waals surface area contributed by atoms with Gasteiger partial charge in [-0.05, 0) is 5.56 Å². The molecule has 0 atom stereocenters. The third-order valence-corrected chi connectivity index (χ3v) is 3.29. The van der Waals surface area contributed by atoms with Crippen LogP contribution >= 0.6 is 0 Å². The summed E-state index contributed by atoms with van der Waals surface area (Å²) in [7, 11) is 0. The van der Waals surface area contributed by atoms with E-state index in [1.807, 2.05) is 30.3 Å². The Hall–Kier alpha value is -3.06. The SMILES string of the molecule is C=CCOCCNC(=O)c1c(OCc2ccccc2)c(=O)ccn1N. The average molecular weight is 343 g/mol.